The summed E-state index contributed by atoms with van der Waals surface area (Å²) in [6, 6.07) is 3.49. The second-order valence-corrected chi connectivity index (χ2v) is 3.31. The topological polar surface area (TPSA) is 46.5 Å². The fourth-order valence-electron chi connectivity index (χ4n) is 1.39. The minimum Gasteiger partial charge on any atom is -0.507 e. The van der Waals surface area contributed by atoms with E-state index >= 15 is 0 Å². The Hall–Kier alpha value is -1.35. The maximum atomic E-state index is 11.2. The number of carbonyl (C=O) groups excluding carboxylic acids is 1. The summed E-state index contributed by atoms with van der Waals surface area (Å²) in [4.78, 5) is 11.2. The van der Waals surface area contributed by atoms with Crippen LogP contribution in [0.4, 0.5) is 0 Å². The van der Waals surface area contributed by atoms with E-state index in [-0.39, 0.29) is 11.5 Å². The van der Waals surface area contributed by atoms with Crippen LogP contribution in [0.2, 0.25) is 0 Å². The van der Waals surface area contributed by atoms with E-state index in [0.717, 1.165) is 5.56 Å². The van der Waals surface area contributed by atoms with Gasteiger partial charge in [-0.25, -0.2) is 0 Å². The summed E-state index contributed by atoms with van der Waals surface area (Å²) in [7, 11) is 1.55. The van der Waals surface area contributed by atoms with Crippen molar-refractivity contribution in [2.75, 3.05) is 7.11 Å². The highest BCUT2D eigenvalue weighted by atomic mass is 16.5. The van der Waals surface area contributed by atoms with Gasteiger partial charge in [0, 0.05) is 12.7 Å². The number of Topliss-reactive ketones (excluding diaryl/α,β-unsaturated/α-hetero) is 1. The number of aromatic hydroxyl groups is 1. The van der Waals surface area contributed by atoms with Crippen molar-refractivity contribution >= 4 is 5.78 Å². The van der Waals surface area contributed by atoms with Crippen molar-refractivity contribution in [2.24, 2.45) is 0 Å². The Balaban J connectivity index is 3.24. The number of rotatable bonds is 3. The van der Waals surface area contributed by atoms with E-state index in [0.29, 0.717) is 17.7 Å². The molecule has 0 saturated heterocycles. The lowest BCUT2D eigenvalue weighted by molar-refractivity contribution is 0.101. The molecule has 0 fully saturated rings. The van der Waals surface area contributed by atoms with Gasteiger partial charge in [0.05, 0.1) is 12.2 Å². The Kier molecular flexibility index (Phi) is 3.25. The second-order valence-electron chi connectivity index (χ2n) is 3.31. The number of carbonyl (C=O) groups is 1. The zero-order valence-electron chi connectivity index (χ0n) is 8.63. The fourth-order valence-corrected chi connectivity index (χ4v) is 1.39. The summed E-state index contributed by atoms with van der Waals surface area (Å²) in [6.45, 7) is 3.63. The lowest BCUT2D eigenvalue weighted by Gasteiger charge is -2.08. The molecule has 0 spiro atoms. The lowest BCUT2D eigenvalue weighted by Crippen LogP contribution is -1.98. The van der Waals surface area contributed by atoms with E-state index in [1.54, 1.807) is 13.2 Å². The molecule has 76 valence electrons. The van der Waals surface area contributed by atoms with Gasteiger partial charge in [-0.1, -0.05) is 6.07 Å². The predicted octanol–water partition coefficient (Wildman–Crippen LogP) is 2.05. The molecule has 1 aromatic rings. The van der Waals surface area contributed by atoms with E-state index < -0.39 is 0 Å². The first-order valence-electron chi connectivity index (χ1n) is 4.38. The summed E-state index contributed by atoms with van der Waals surface area (Å²) >= 11 is 0. The third kappa shape index (κ3) is 2.12. The monoisotopic (exact) mass is 194 g/mol. The van der Waals surface area contributed by atoms with Gasteiger partial charge in [-0.15, -0.1) is 0 Å². The summed E-state index contributed by atoms with van der Waals surface area (Å²) in [5.41, 5.74) is 1.95. The number of phenolic OH excluding ortho intramolecular Hbond substituents is 1. The molecule has 3 nitrogen and oxygen atoms in total. The Labute approximate surface area is 83.3 Å². The smallest absolute Gasteiger partial charge is 0.163 e. The molecule has 1 N–H and O–H groups in total. The molecule has 0 aliphatic heterocycles. The molecule has 0 atom stereocenters. The highest BCUT2D eigenvalue weighted by molar-refractivity contribution is 5.97. The molecule has 14 heavy (non-hydrogen) atoms. The van der Waals surface area contributed by atoms with Gasteiger partial charge in [0.2, 0.25) is 0 Å². The van der Waals surface area contributed by atoms with Crippen molar-refractivity contribution in [3.8, 4) is 5.75 Å². The average Bonchev–Trinajstić information content (AvgIpc) is 2.10. The molecule has 0 aliphatic carbocycles. The van der Waals surface area contributed by atoms with Crippen LogP contribution in [0.15, 0.2) is 12.1 Å². The number of benzene rings is 1. The van der Waals surface area contributed by atoms with Gasteiger partial charge in [-0.3, -0.25) is 4.79 Å². The standard InChI is InChI=1S/C11H14O3/c1-7-4-9(6-14-3)11(13)10(5-7)8(2)12/h4-5,13H,6H2,1-3H3. The number of ether oxygens (including phenoxy) is 1. The first kappa shape index (κ1) is 10.7. The third-order valence-corrected chi connectivity index (χ3v) is 2.01. The van der Waals surface area contributed by atoms with E-state index in [4.69, 9.17) is 4.74 Å². The minimum atomic E-state index is -0.136. The van der Waals surface area contributed by atoms with Crippen molar-refractivity contribution in [1.82, 2.24) is 0 Å². The first-order chi connectivity index (χ1) is 6.56. The Morgan fingerprint density at radius 1 is 1.50 bits per heavy atom. The van der Waals surface area contributed by atoms with E-state index in [1.807, 2.05) is 13.0 Å². The van der Waals surface area contributed by atoms with Crippen molar-refractivity contribution in [3.63, 3.8) is 0 Å². The van der Waals surface area contributed by atoms with Crippen molar-refractivity contribution < 1.29 is 14.6 Å². The zero-order chi connectivity index (χ0) is 10.7. The molecule has 0 saturated carbocycles. The maximum Gasteiger partial charge on any atom is 0.163 e. The van der Waals surface area contributed by atoms with E-state index in [2.05, 4.69) is 0 Å². The van der Waals surface area contributed by atoms with Gasteiger partial charge in [0.15, 0.2) is 5.78 Å². The molecule has 0 aliphatic rings. The van der Waals surface area contributed by atoms with Crippen LogP contribution < -0.4 is 0 Å². The van der Waals surface area contributed by atoms with E-state index in [1.165, 1.54) is 6.92 Å². The molecule has 0 radical (unpaired) electrons. The van der Waals surface area contributed by atoms with Crippen molar-refractivity contribution in [2.45, 2.75) is 20.5 Å². The van der Waals surface area contributed by atoms with Crippen LogP contribution in [0, 0.1) is 6.92 Å². The van der Waals surface area contributed by atoms with Crippen LogP contribution in [-0.4, -0.2) is 18.0 Å². The van der Waals surface area contributed by atoms with Crippen molar-refractivity contribution in [1.29, 1.82) is 0 Å². The first-order valence-corrected chi connectivity index (χ1v) is 4.38. The van der Waals surface area contributed by atoms with Crippen LogP contribution >= 0.6 is 0 Å². The number of ketones is 1. The molecule has 3 heteroatoms. The number of methoxy groups -OCH3 is 1. The molecular weight excluding hydrogens is 180 g/mol. The molecular formula is C11H14O3. The minimum absolute atomic E-state index is 0.0324. The van der Waals surface area contributed by atoms with Crippen LogP contribution in [0.1, 0.15) is 28.4 Å². The number of aryl methyl sites for hydroxylation is 1. The van der Waals surface area contributed by atoms with Gasteiger partial charge in [0.1, 0.15) is 5.75 Å². The van der Waals surface area contributed by atoms with Gasteiger partial charge < -0.3 is 9.84 Å². The van der Waals surface area contributed by atoms with Gasteiger partial charge in [-0.2, -0.15) is 0 Å². The molecule has 0 aromatic heterocycles. The average molecular weight is 194 g/mol. The van der Waals surface area contributed by atoms with Crippen molar-refractivity contribution in [3.05, 3.63) is 28.8 Å². The summed E-state index contributed by atoms with van der Waals surface area (Å²) < 4.78 is 4.93. The second kappa shape index (κ2) is 4.24. The molecule has 0 unspecified atom stereocenters. The highest BCUT2D eigenvalue weighted by Gasteiger charge is 2.11. The Morgan fingerprint density at radius 3 is 2.64 bits per heavy atom. The number of phenols is 1. The van der Waals surface area contributed by atoms with Crippen LogP contribution in [-0.2, 0) is 11.3 Å². The van der Waals surface area contributed by atoms with Crippen LogP contribution in [0.3, 0.4) is 0 Å². The summed E-state index contributed by atoms with van der Waals surface area (Å²) in [6.07, 6.45) is 0. The SMILES string of the molecule is COCc1cc(C)cc(C(C)=O)c1O. The third-order valence-electron chi connectivity index (χ3n) is 2.01. The van der Waals surface area contributed by atoms with Crippen LogP contribution in [0.5, 0.6) is 5.75 Å². The Bertz CT molecular complexity index is 356. The number of hydrogen-bond donors (Lipinski definition) is 1. The molecule has 1 aromatic carbocycles. The zero-order valence-corrected chi connectivity index (χ0v) is 8.63. The summed E-state index contributed by atoms with van der Waals surface area (Å²) in [5.74, 6) is -0.103. The fraction of sp³-hybridized carbons (Fsp3) is 0.364. The lowest BCUT2D eigenvalue weighted by atomic mass is 10.0. The van der Waals surface area contributed by atoms with Crippen LogP contribution in [0.25, 0.3) is 0 Å². The summed E-state index contributed by atoms with van der Waals surface area (Å²) in [5, 5.41) is 9.71. The normalized spacial score (nSPS) is 10.2. The molecule has 0 heterocycles. The molecule has 0 bridgehead atoms. The molecule has 0 amide bonds. The van der Waals surface area contributed by atoms with E-state index in [9.17, 15) is 9.90 Å². The molecule has 1 rings (SSSR count). The quantitative estimate of drug-likeness (QED) is 0.749. The number of hydrogen-bond acceptors (Lipinski definition) is 3. The Morgan fingerprint density at radius 2 is 2.14 bits per heavy atom. The highest BCUT2D eigenvalue weighted by Crippen LogP contribution is 2.25. The predicted molar refractivity (Wildman–Crippen MR) is 53.6 cm³/mol. The maximum absolute atomic E-state index is 11.2. The largest absolute Gasteiger partial charge is 0.507 e. The van der Waals surface area contributed by atoms with Gasteiger partial charge >= 0.3 is 0 Å². The van der Waals surface area contributed by atoms with Gasteiger partial charge in [-0.05, 0) is 25.5 Å². The van der Waals surface area contributed by atoms with Gasteiger partial charge in [0.25, 0.3) is 0 Å².